The highest BCUT2D eigenvalue weighted by molar-refractivity contribution is 7.16. The van der Waals surface area contributed by atoms with E-state index in [1.54, 1.807) is 23.6 Å². The molecule has 0 aliphatic rings. The molecule has 0 aliphatic carbocycles. The van der Waals surface area contributed by atoms with E-state index in [4.69, 9.17) is 30.8 Å². The molecule has 4 aromatic rings. The number of ether oxygens (including phenoxy) is 1. The number of rotatable bonds is 15. The molecule has 3 amide bonds. The van der Waals surface area contributed by atoms with Crippen LogP contribution in [-0.2, 0) is 17.4 Å². The first-order valence-corrected chi connectivity index (χ1v) is 20.0. The molecule has 268 valence electrons. The Labute approximate surface area is 295 Å². The van der Waals surface area contributed by atoms with Crippen LogP contribution in [0.4, 0.5) is 11.4 Å². The number of pyridine rings is 1. The molecule has 0 bridgehead atoms. The molecule has 1 aromatic carbocycles. The highest BCUT2D eigenvalue weighted by Crippen LogP contribution is 2.37. The Bertz CT molecular complexity index is 1990. The maximum Gasteiger partial charge on any atom is 0.317 e. The van der Waals surface area contributed by atoms with Crippen molar-refractivity contribution >= 4 is 59.1 Å². The molecule has 3 aromatic heterocycles. The number of nitrogens with two attached hydrogens (primary N) is 3. The second-order valence-corrected chi connectivity index (χ2v) is 19.0. The lowest BCUT2D eigenvalue weighted by Crippen LogP contribution is -2.41. The molecule has 0 spiro atoms. The minimum Gasteiger partial charge on any atom is -0.491 e. The highest BCUT2D eigenvalue weighted by Gasteiger charge is 2.36. The van der Waals surface area contributed by atoms with Crippen molar-refractivity contribution in [2.75, 3.05) is 30.8 Å². The summed E-state index contributed by atoms with van der Waals surface area (Å²) in [7, 11) is -1.89. The Morgan fingerprint density at radius 3 is 2.48 bits per heavy atom. The third-order valence-electron chi connectivity index (χ3n) is 8.42. The van der Waals surface area contributed by atoms with Crippen LogP contribution in [0.1, 0.15) is 77.0 Å². The van der Waals surface area contributed by atoms with Gasteiger partial charge in [-0.15, -0.1) is 0 Å². The summed E-state index contributed by atoms with van der Waals surface area (Å²) in [6.45, 7) is 16.1. The highest BCUT2D eigenvalue weighted by atomic mass is 32.1. The van der Waals surface area contributed by atoms with E-state index in [2.05, 4.69) is 54.1 Å². The first kappa shape index (κ1) is 38.0. The number of benzene rings is 1. The summed E-state index contributed by atoms with van der Waals surface area (Å²) in [4.78, 5) is 50.4. The summed E-state index contributed by atoms with van der Waals surface area (Å²) in [5.74, 6) is -0.939. The normalized spacial score (nSPS) is 12.6. The van der Waals surface area contributed by atoms with Crippen molar-refractivity contribution in [1.29, 1.82) is 0 Å². The van der Waals surface area contributed by atoms with Crippen molar-refractivity contribution in [3.05, 3.63) is 69.8 Å². The fourth-order valence-electron chi connectivity index (χ4n) is 4.65. The number of aryl methyl sites for hydroxylation is 2. The number of hydrogen-bond donors (Lipinski definition) is 4. The Kier molecular flexibility index (Phi) is 12.0. The van der Waals surface area contributed by atoms with Gasteiger partial charge >= 0.3 is 5.91 Å². The van der Waals surface area contributed by atoms with Gasteiger partial charge in [0.25, 0.3) is 0 Å². The van der Waals surface area contributed by atoms with Crippen molar-refractivity contribution in [3.63, 3.8) is 0 Å². The minimum absolute atomic E-state index is 0.0839. The smallest absolute Gasteiger partial charge is 0.317 e. The van der Waals surface area contributed by atoms with Crippen LogP contribution in [0.15, 0.2) is 46.0 Å². The van der Waals surface area contributed by atoms with Gasteiger partial charge in [0.05, 0.1) is 28.3 Å². The number of thiazole rings is 1. The number of allylic oxidation sites excluding steroid dienone is 1. The van der Waals surface area contributed by atoms with Crippen LogP contribution >= 0.6 is 11.3 Å². The van der Waals surface area contributed by atoms with Crippen LogP contribution in [0.25, 0.3) is 10.3 Å². The zero-order valence-corrected chi connectivity index (χ0v) is 31.4. The molecule has 0 radical (unpaired) electrons. The standard InChI is InChI=1S/C34H46N8O6SSi/c1-8-24-28(48-20(2)40-24)32(45)41-33-42(31-26(49-33)18-22(19-39-31)30(37)44)13-10-9-12-38-27-23(35)16-21(29(36)43)17-25(27)46-14-11-15-47-50(6,7)34(3,4)5/h9-10,16-19,38H,8,11-15,35H2,1-7H3,(H2,36,43)(H2,37,44)/b10-9+,41-33?. The molecular formula is C34H46N8O6SSi. The van der Waals surface area contributed by atoms with Gasteiger partial charge in [-0.2, -0.15) is 4.99 Å². The molecule has 0 atom stereocenters. The SMILES string of the molecule is CCc1nc(C)oc1C(=O)N=c1sc2cc(C(N)=O)cnc2n1C/C=C/CNc1c(N)cc(C(N)=O)cc1OCCCO[Si](C)(C)C(C)(C)C. The van der Waals surface area contributed by atoms with E-state index in [0.717, 1.165) is 0 Å². The maximum absolute atomic E-state index is 13.2. The molecular weight excluding hydrogens is 677 g/mol. The summed E-state index contributed by atoms with van der Waals surface area (Å²) in [5.41, 5.74) is 19.7. The van der Waals surface area contributed by atoms with E-state index in [1.165, 1.54) is 23.6 Å². The van der Waals surface area contributed by atoms with Crippen LogP contribution in [0.5, 0.6) is 5.75 Å². The van der Waals surface area contributed by atoms with Crippen molar-refractivity contribution in [2.45, 2.75) is 72.1 Å². The predicted molar refractivity (Wildman–Crippen MR) is 197 cm³/mol. The summed E-state index contributed by atoms with van der Waals surface area (Å²) in [6, 6.07) is 4.70. The van der Waals surface area contributed by atoms with Gasteiger partial charge in [-0.05, 0) is 42.8 Å². The van der Waals surface area contributed by atoms with Gasteiger partial charge < -0.3 is 36.1 Å². The average Bonchev–Trinajstić information content (AvgIpc) is 3.59. The first-order chi connectivity index (χ1) is 23.5. The zero-order chi connectivity index (χ0) is 36.8. The lowest BCUT2D eigenvalue weighted by Gasteiger charge is -2.36. The van der Waals surface area contributed by atoms with Gasteiger partial charge in [-0.25, -0.2) is 9.97 Å². The number of amides is 3. The summed E-state index contributed by atoms with van der Waals surface area (Å²) >= 11 is 1.20. The molecule has 0 fully saturated rings. The third kappa shape index (κ3) is 9.05. The fourth-order valence-corrected chi connectivity index (χ4v) is 6.77. The number of carbonyl (C=O) groups excluding carboxylic acids is 3. The van der Waals surface area contributed by atoms with E-state index in [1.807, 2.05) is 19.1 Å². The first-order valence-electron chi connectivity index (χ1n) is 16.3. The largest absolute Gasteiger partial charge is 0.491 e. The minimum atomic E-state index is -1.89. The molecule has 0 unspecified atom stereocenters. The number of primary amides is 2. The Hall–Kier alpha value is -4.80. The van der Waals surface area contributed by atoms with E-state index in [-0.39, 0.29) is 21.9 Å². The summed E-state index contributed by atoms with van der Waals surface area (Å²) < 4.78 is 20.3. The van der Waals surface area contributed by atoms with Gasteiger partial charge in [-0.3, -0.25) is 19.0 Å². The Morgan fingerprint density at radius 2 is 1.82 bits per heavy atom. The van der Waals surface area contributed by atoms with Gasteiger partial charge in [0.2, 0.25) is 17.6 Å². The second kappa shape index (κ2) is 15.8. The number of oxazole rings is 1. The Balaban J connectivity index is 1.52. The van der Waals surface area contributed by atoms with Crippen LogP contribution in [0.3, 0.4) is 0 Å². The number of nitrogens with one attached hydrogen (secondary N) is 1. The van der Waals surface area contributed by atoms with Gasteiger partial charge in [0.15, 0.2) is 24.7 Å². The number of hydrogen-bond acceptors (Lipinski definition) is 11. The summed E-state index contributed by atoms with van der Waals surface area (Å²) in [6.07, 6.45) is 6.29. The number of nitrogen functional groups attached to an aromatic ring is 1. The Morgan fingerprint density at radius 1 is 1.10 bits per heavy atom. The van der Waals surface area contributed by atoms with Gasteiger partial charge in [0.1, 0.15) is 11.4 Å². The predicted octanol–water partition coefficient (Wildman–Crippen LogP) is 4.94. The van der Waals surface area contributed by atoms with E-state index in [9.17, 15) is 14.4 Å². The van der Waals surface area contributed by atoms with Crippen LogP contribution in [-0.4, -0.2) is 60.3 Å². The molecule has 0 saturated carbocycles. The number of anilines is 2. The number of aromatic nitrogens is 3. The molecule has 3 heterocycles. The van der Waals surface area contributed by atoms with E-state index >= 15 is 0 Å². The third-order valence-corrected chi connectivity index (χ3v) is 14.0. The lowest BCUT2D eigenvalue weighted by molar-refractivity contribution is 0.0966. The maximum atomic E-state index is 13.2. The molecule has 14 nitrogen and oxygen atoms in total. The molecule has 16 heteroatoms. The number of carbonyl (C=O) groups is 3. The fraction of sp³-hybridized carbons (Fsp3) is 0.412. The average molecular weight is 723 g/mol. The monoisotopic (exact) mass is 722 g/mol. The second-order valence-electron chi connectivity index (χ2n) is 13.2. The van der Waals surface area contributed by atoms with E-state index in [0.29, 0.717) is 83.0 Å². The number of nitrogens with zero attached hydrogens (tertiary/aromatic N) is 4. The van der Waals surface area contributed by atoms with Gasteiger partial charge in [0, 0.05) is 44.8 Å². The number of fused-ring (bicyclic) bond motifs is 1. The zero-order valence-electron chi connectivity index (χ0n) is 29.6. The van der Waals surface area contributed by atoms with Crippen molar-refractivity contribution in [2.24, 2.45) is 16.5 Å². The summed E-state index contributed by atoms with van der Waals surface area (Å²) in [5, 5.41) is 3.37. The lowest BCUT2D eigenvalue weighted by atomic mass is 10.1. The van der Waals surface area contributed by atoms with Gasteiger partial charge in [-0.1, -0.05) is 51.2 Å². The molecule has 0 saturated heterocycles. The van der Waals surface area contributed by atoms with Crippen LogP contribution < -0.4 is 32.1 Å². The van der Waals surface area contributed by atoms with Crippen molar-refractivity contribution in [3.8, 4) is 5.75 Å². The van der Waals surface area contributed by atoms with E-state index < -0.39 is 26.0 Å². The van der Waals surface area contributed by atoms with Crippen LogP contribution in [0.2, 0.25) is 18.1 Å². The van der Waals surface area contributed by atoms with Crippen molar-refractivity contribution in [1.82, 2.24) is 14.5 Å². The van der Waals surface area contributed by atoms with Crippen molar-refractivity contribution < 1.29 is 28.0 Å². The topological polar surface area (TPSA) is 216 Å². The molecule has 50 heavy (non-hydrogen) atoms. The van der Waals surface area contributed by atoms with Crippen LogP contribution in [0, 0.1) is 6.92 Å². The molecule has 4 rings (SSSR count). The molecule has 0 aliphatic heterocycles. The quantitative estimate of drug-likeness (QED) is 0.0561. The molecule has 7 N–H and O–H groups in total.